The zero-order valence-electron chi connectivity index (χ0n) is 22.6. The van der Waals surface area contributed by atoms with Crippen LogP contribution in [0.15, 0.2) is 108 Å². The van der Waals surface area contributed by atoms with E-state index >= 15 is 0 Å². The second kappa shape index (κ2) is 13.3. The molecule has 0 bridgehead atoms. The summed E-state index contributed by atoms with van der Waals surface area (Å²) in [6.45, 7) is 2.08. The molecule has 2 amide bonds. The standard InChI is InChI=1S/C33H32N4O4/c34-28-10-4-5-11-29(28)37-32(38)24-13-15-26(16-14-24)40-20-19-36-33(39)31-21-27-25(9-6-12-30(27)41-31)22-35-18-17-23-7-2-1-3-8-23/h1-16,21,35H,17-20,22,34H2,(H,36,39)(H,37,38). The molecule has 8 heteroatoms. The number of hydrogen-bond donors (Lipinski definition) is 4. The molecule has 0 saturated heterocycles. The van der Waals surface area contributed by atoms with Gasteiger partial charge in [-0.3, -0.25) is 9.59 Å². The summed E-state index contributed by atoms with van der Waals surface area (Å²) in [6.07, 6.45) is 0.946. The number of benzene rings is 4. The van der Waals surface area contributed by atoms with Crippen LogP contribution in [0.1, 0.15) is 32.0 Å². The van der Waals surface area contributed by atoms with Gasteiger partial charge >= 0.3 is 0 Å². The molecule has 4 aromatic carbocycles. The van der Waals surface area contributed by atoms with Crippen molar-refractivity contribution < 1.29 is 18.7 Å². The Hall–Kier alpha value is -5.08. The minimum Gasteiger partial charge on any atom is -0.492 e. The van der Waals surface area contributed by atoms with E-state index in [1.165, 1.54) is 5.56 Å². The van der Waals surface area contributed by atoms with Gasteiger partial charge in [0.15, 0.2) is 5.76 Å². The molecule has 0 saturated carbocycles. The Balaban J connectivity index is 1.07. The van der Waals surface area contributed by atoms with E-state index in [0.29, 0.717) is 41.4 Å². The number of nitrogens with two attached hydrogens (primary N) is 1. The van der Waals surface area contributed by atoms with Crippen LogP contribution < -0.4 is 26.4 Å². The predicted octanol–water partition coefficient (Wildman–Crippen LogP) is 5.41. The molecule has 41 heavy (non-hydrogen) atoms. The van der Waals surface area contributed by atoms with E-state index < -0.39 is 0 Å². The topological polar surface area (TPSA) is 119 Å². The Morgan fingerprint density at radius 3 is 2.39 bits per heavy atom. The van der Waals surface area contributed by atoms with Crippen LogP contribution in [0.25, 0.3) is 11.0 Å². The zero-order valence-corrected chi connectivity index (χ0v) is 22.6. The number of fused-ring (bicyclic) bond motifs is 1. The van der Waals surface area contributed by atoms with E-state index in [9.17, 15) is 9.59 Å². The van der Waals surface area contributed by atoms with Crippen molar-refractivity contribution in [2.45, 2.75) is 13.0 Å². The summed E-state index contributed by atoms with van der Waals surface area (Å²) in [5.41, 5.74) is 10.5. The Morgan fingerprint density at radius 2 is 1.59 bits per heavy atom. The minimum atomic E-state index is -0.306. The van der Waals surface area contributed by atoms with Gasteiger partial charge in [0.05, 0.1) is 17.9 Å². The van der Waals surface area contributed by atoms with Gasteiger partial charge in [0.2, 0.25) is 0 Å². The van der Waals surface area contributed by atoms with Crippen molar-refractivity contribution >= 4 is 34.2 Å². The average molecular weight is 549 g/mol. The number of rotatable bonds is 12. The Morgan fingerprint density at radius 1 is 0.805 bits per heavy atom. The first kappa shape index (κ1) is 27.5. The lowest BCUT2D eigenvalue weighted by atomic mass is 10.1. The van der Waals surface area contributed by atoms with Gasteiger partial charge in [0.1, 0.15) is 17.9 Å². The maximum absolute atomic E-state index is 12.7. The van der Waals surface area contributed by atoms with Crippen LogP contribution in [-0.4, -0.2) is 31.5 Å². The number of carbonyl (C=O) groups is 2. The van der Waals surface area contributed by atoms with E-state index in [-0.39, 0.29) is 24.2 Å². The highest BCUT2D eigenvalue weighted by atomic mass is 16.5. The van der Waals surface area contributed by atoms with Crippen molar-refractivity contribution in [1.82, 2.24) is 10.6 Å². The SMILES string of the molecule is Nc1ccccc1NC(=O)c1ccc(OCCNC(=O)c2cc3c(CNCCc4ccccc4)cccc3o2)cc1. The Labute approximate surface area is 238 Å². The van der Waals surface area contributed by atoms with Crippen LogP contribution >= 0.6 is 0 Å². The number of anilines is 2. The van der Waals surface area contributed by atoms with Crippen molar-refractivity contribution in [1.29, 1.82) is 0 Å². The molecule has 5 rings (SSSR count). The number of nitrogen functional groups attached to an aromatic ring is 1. The summed E-state index contributed by atoms with van der Waals surface area (Å²) < 4.78 is 11.5. The molecule has 0 radical (unpaired) electrons. The van der Waals surface area contributed by atoms with Gasteiger partial charge in [-0.2, -0.15) is 0 Å². The van der Waals surface area contributed by atoms with E-state index in [1.807, 2.05) is 36.4 Å². The lowest BCUT2D eigenvalue weighted by Gasteiger charge is -2.09. The largest absolute Gasteiger partial charge is 0.492 e. The van der Waals surface area contributed by atoms with E-state index in [1.54, 1.807) is 54.6 Å². The van der Waals surface area contributed by atoms with E-state index in [4.69, 9.17) is 14.9 Å². The summed E-state index contributed by atoms with van der Waals surface area (Å²) in [5, 5.41) is 10.0. The summed E-state index contributed by atoms with van der Waals surface area (Å²) in [7, 11) is 0. The molecule has 0 aliphatic rings. The van der Waals surface area contributed by atoms with Gasteiger partial charge in [0, 0.05) is 17.5 Å². The molecule has 0 spiro atoms. The normalized spacial score (nSPS) is 10.8. The molecule has 0 aliphatic carbocycles. The molecular weight excluding hydrogens is 516 g/mol. The highest BCUT2D eigenvalue weighted by Crippen LogP contribution is 2.23. The van der Waals surface area contributed by atoms with Crippen molar-refractivity contribution in [2.24, 2.45) is 0 Å². The summed E-state index contributed by atoms with van der Waals surface area (Å²) in [5.74, 6) is 0.271. The number of para-hydroxylation sites is 2. The third-order valence-electron chi connectivity index (χ3n) is 6.61. The lowest BCUT2D eigenvalue weighted by molar-refractivity contribution is 0.0920. The summed E-state index contributed by atoms with van der Waals surface area (Å²) in [6, 6.07) is 31.8. The monoisotopic (exact) mass is 548 g/mol. The van der Waals surface area contributed by atoms with Crippen LogP contribution in [0.3, 0.4) is 0 Å². The van der Waals surface area contributed by atoms with Crippen molar-refractivity contribution in [3.63, 3.8) is 0 Å². The van der Waals surface area contributed by atoms with Crippen LogP contribution in [0.4, 0.5) is 11.4 Å². The maximum atomic E-state index is 12.7. The second-order valence-electron chi connectivity index (χ2n) is 9.52. The second-order valence-corrected chi connectivity index (χ2v) is 9.52. The molecule has 5 N–H and O–H groups in total. The van der Waals surface area contributed by atoms with Crippen LogP contribution in [0, 0.1) is 0 Å². The van der Waals surface area contributed by atoms with Crippen LogP contribution in [0.5, 0.6) is 5.75 Å². The molecule has 1 heterocycles. The fraction of sp³-hybridized carbons (Fsp3) is 0.152. The van der Waals surface area contributed by atoms with Crippen molar-refractivity contribution in [2.75, 3.05) is 30.7 Å². The quantitative estimate of drug-likeness (QED) is 0.122. The van der Waals surface area contributed by atoms with Gasteiger partial charge in [-0.25, -0.2) is 0 Å². The first-order valence-corrected chi connectivity index (χ1v) is 13.5. The summed E-state index contributed by atoms with van der Waals surface area (Å²) >= 11 is 0. The number of hydrogen-bond acceptors (Lipinski definition) is 6. The zero-order chi connectivity index (χ0) is 28.4. The van der Waals surface area contributed by atoms with E-state index in [2.05, 4.69) is 28.1 Å². The number of nitrogens with one attached hydrogen (secondary N) is 3. The number of ether oxygens (including phenoxy) is 1. The van der Waals surface area contributed by atoms with Crippen molar-refractivity contribution in [3.8, 4) is 5.75 Å². The molecule has 0 aliphatic heterocycles. The fourth-order valence-corrected chi connectivity index (χ4v) is 4.42. The molecular formula is C33H32N4O4. The minimum absolute atomic E-state index is 0.256. The van der Waals surface area contributed by atoms with Gasteiger partial charge in [-0.05, 0) is 72.6 Å². The third kappa shape index (κ3) is 7.32. The van der Waals surface area contributed by atoms with E-state index in [0.717, 1.165) is 23.9 Å². The van der Waals surface area contributed by atoms with Gasteiger partial charge in [-0.1, -0.05) is 54.6 Å². The third-order valence-corrected chi connectivity index (χ3v) is 6.61. The number of furan rings is 1. The highest BCUT2D eigenvalue weighted by molar-refractivity contribution is 6.05. The smallest absolute Gasteiger partial charge is 0.287 e. The lowest BCUT2D eigenvalue weighted by Crippen LogP contribution is -2.27. The molecule has 0 fully saturated rings. The molecule has 208 valence electrons. The number of carbonyl (C=O) groups excluding carboxylic acids is 2. The van der Waals surface area contributed by atoms with Gasteiger partial charge in [0.25, 0.3) is 11.8 Å². The number of amides is 2. The fourth-order valence-electron chi connectivity index (χ4n) is 4.42. The summed E-state index contributed by atoms with van der Waals surface area (Å²) in [4.78, 5) is 25.2. The molecule has 0 atom stereocenters. The molecule has 5 aromatic rings. The van der Waals surface area contributed by atoms with Crippen LogP contribution in [-0.2, 0) is 13.0 Å². The van der Waals surface area contributed by atoms with Gasteiger partial charge in [-0.15, -0.1) is 0 Å². The molecule has 1 aromatic heterocycles. The average Bonchev–Trinajstić information content (AvgIpc) is 3.45. The molecule has 8 nitrogen and oxygen atoms in total. The maximum Gasteiger partial charge on any atom is 0.287 e. The first-order valence-electron chi connectivity index (χ1n) is 13.5. The highest BCUT2D eigenvalue weighted by Gasteiger charge is 2.14. The Bertz CT molecular complexity index is 1610. The molecule has 0 unspecified atom stereocenters. The van der Waals surface area contributed by atoms with Crippen LogP contribution in [0.2, 0.25) is 0 Å². The van der Waals surface area contributed by atoms with Gasteiger partial charge < -0.3 is 30.8 Å². The Kier molecular flexibility index (Phi) is 8.93. The predicted molar refractivity (Wildman–Crippen MR) is 161 cm³/mol. The first-order chi connectivity index (χ1) is 20.1. The van der Waals surface area contributed by atoms with Crippen molar-refractivity contribution in [3.05, 3.63) is 126 Å².